The highest BCUT2D eigenvalue weighted by Gasteiger charge is 2.28. The fourth-order valence-electron chi connectivity index (χ4n) is 3.91. The Morgan fingerprint density at radius 3 is 1.59 bits per heavy atom. The summed E-state index contributed by atoms with van der Waals surface area (Å²) in [5.74, 6) is -3.36. The normalized spacial score (nSPS) is 11.5. The first-order chi connectivity index (χ1) is 19.2. The number of hydrogen-bond donors (Lipinski definition) is 4. The van der Waals surface area contributed by atoms with Crippen molar-refractivity contribution in [1.82, 2.24) is 5.32 Å². The van der Waals surface area contributed by atoms with Crippen LogP contribution in [0.25, 0.3) is 0 Å². The van der Waals surface area contributed by atoms with E-state index in [-0.39, 0.29) is 11.0 Å². The lowest BCUT2D eigenvalue weighted by molar-refractivity contribution is 0.0675. The summed E-state index contributed by atoms with van der Waals surface area (Å²) in [6, 6.07) is 16.1. The average Bonchev–Trinajstić information content (AvgIpc) is 2.93. The van der Waals surface area contributed by atoms with Crippen LogP contribution in [0, 0.1) is 0 Å². The highest BCUT2D eigenvalue weighted by atomic mass is 16.5. The highest BCUT2D eigenvalue weighted by Crippen LogP contribution is 2.30. The van der Waals surface area contributed by atoms with Gasteiger partial charge in [0.2, 0.25) is 0 Å². The molecule has 0 radical (unpaired) electrons. The third-order valence-corrected chi connectivity index (χ3v) is 7.31. The fraction of sp³-hybridized carbons (Fsp3) is 0.312. The van der Waals surface area contributed by atoms with E-state index in [4.69, 9.17) is 4.74 Å². The Morgan fingerprint density at radius 1 is 0.683 bits per heavy atom. The number of carbonyl (C=O) groups is 4. The highest BCUT2D eigenvalue weighted by molar-refractivity contribution is 6.14. The number of nitrogens with one attached hydrogen (secondary N) is 2. The number of carbonyl (C=O) groups excluding carboxylic acids is 2. The van der Waals surface area contributed by atoms with Gasteiger partial charge in [-0.3, -0.25) is 9.59 Å². The second kappa shape index (κ2) is 12.2. The van der Waals surface area contributed by atoms with Crippen molar-refractivity contribution in [1.29, 1.82) is 0 Å². The van der Waals surface area contributed by atoms with Crippen LogP contribution in [0.15, 0.2) is 60.7 Å². The number of anilines is 1. The predicted molar refractivity (Wildman–Crippen MR) is 156 cm³/mol. The summed E-state index contributed by atoms with van der Waals surface area (Å²) in [5, 5.41) is 24.8. The molecule has 9 nitrogen and oxygen atoms in total. The van der Waals surface area contributed by atoms with Crippen molar-refractivity contribution in [3.63, 3.8) is 0 Å². The molecule has 0 fully saturated rings. The van der Waals surface area contributed by atoms with Crippen LogP contribution in [-0.2, 0) is 5.41 Å². The van der Waals surface area contributed by atoms with Crippen molar-refractivity contribution in [3.8, 4) is 11.5 Å². The molecule has 0 atom stereocenters. The molecule has 0 aliphatic heterocycles. The quantitative estimate of drug-likeness (QED) is 0.204. The molecule has 0 aliphatic rings. The van der Waals surface area contributed by atoms with Gasteiger partial charge in [0, 0.05) is 11.2 Å². The van der Waals surface area contributed by atoms with E-state index in [1.807, 2.05) is 31.2 Å². The van der Waals surface area contributed by atoms with Gasteiger partial charge in [-0.25, -0.2) is 9.59 Å². The second-order valence-electron chi connectivity index (χ2n) is 11.1. The van der Waals surface area contributed by atoms with E-state index in [0.29, 0.717) is 23.6 Å². The number of hydrogen-bond acceptors (Lipinski definition) is 5. The van der Waals surface area contributed by atoms with E-state index in [1.54, 1.807) is 38.1 Å². The smallest absolute Gasteiger partial charge is 0.336 e. The lowest BCUT2D eigenvalue weighted by Crippen LogP contribution is -2.43. The molecule has 3 aromatic carbocycles. The molecule has 216 valence electrons. The average molecular weight is 561 g/mol. The van der Waals surface area contributed by atoms with Crippen molar-refractivity contribution < 1.29 is 34.1 Å². The van der Waals surface area contributed by atoms with Crippen LogP contribution in [0.4, 0.5) is 5.69 Å². The van der Waals surface area contributed by atoms with Gasteiger partial charge in [0.25, 0.3) is 11.8 Å². The summed E-state index contributed by atoms with van der Waals surface area (Å²) in [5.41, 5.74) is -0.779. The molecule has 0 heterocycles. The van der Waals surface area contributed by atoms with Crippen molar-refractivity contribution in [2.75, 3.05) is 5.32 Å². The van der Waals surface area contributed by atoms with Crippen molar-refractivity contribution in [2.24, 2.45) is 0 Å². The Kier molecular flexibility index (Phi) is 9.22. The van der Waals surface area contributed by atoms with Crippen molar-refractivity contribution >= 4 is 29.4 Å². The summed E-state index contributed by atoms with van der Waals surface area (Å²) in [6.07, 6.45) is 1.56. The first kappa shape index (κ1) is 30.9. The Hall–Kier alpha value is -4.66. The summed E-state index contributed by atoms with van der Waals surface area (Å²) in [6.45, 7) is 11.9. The van der Waals surface area contributed by atoms with E-state index in [0.717, 1.165) is 18.6 Å². The van der Waals surface area contributed by atoms with Gasteiger partial charge in [0.1, 0.15) is 11.5 Å². The summed E-state index contributed by atoms with van der Waals surface area (Å²) in [7, 11) is 0. The standard InChI is InChI=1S/C32H36N2O7/c1-7-31(3,4)19-9-13-21(14-10-19)41-22-15-11-20(12-16-22)33-27(35)23-17-26(30(39)40)24(18-25(23)29(37)38)28(36)34-32(5,6)8-2/h9-18H,7-8H2,1-6H3,(H,33,35)(H,34,36)(H,37,38)(H,39,40). The summed E-state index contributed by atoms with van der Waals surface area (Å²) in [4.78, 5) is 49.9. The third-order valence-electron chi connectivity index (χ3n) is 7.31. The van der Waals surface area contributed by atoms with Crippen LogP contribution < -0.4 is 15.4 Å². The van der Waals surface area contributed by atoms with Crippen LogP contribution in [0.5, 0.6) is 11.5 Å². The Morgan fingerprint density at radius 2 is 1.15 bits per heavy atom. The molecule has 0 bridgehead atoms. The number of aromatic carboxylic acids is 2. The maximum Gasteiger partial charge on any atom is 0.336 e. The molecule has 41 heavy (non-hydrogen) atoms. The van der Waals surface area contributed by atoms with Crippen molar-refractivity contribution in [3.05, 3.63) is 88.5 Å². The minimum Gasteiger partial charge on any atom is -0.478 e. The number of carboxylic acid groups (broad SMARTS) is 2. The lowest BCUT2D eigenvalue weighted by atomic mass is 9.82. The third kappa shape index (κ3) is 7.51. The maximum absolute atomic E-state index is 13.1. The van der Waals surface area contributed by atoms with Crippen LogP contribution in [0.2, 0.25) is 0 Å². The first-order valence-corrected chi connectivity index (χ1v) is 13.3. The maximum atomic E-state index is 13.1. The van der Waals surface area contributed by atoms with Gasteiger partial charge < -0.3 is 25.6 Å². The second-order valence-corrected chi connectivity index (χ2v) is 11.1. The van der Waals surface area contributed by atoms with E-state index in [1.165, 1.54) is 5.56 Å². The molecular weight excluding hydrogens is 524 g/mol. The van der Waals surface area contributed by atoms with Crippen LogP contribution in [0.1, 0.15) is 101 Å². The Balaban J connectivity index is 1.82. The van der Waals surface area contributed by atoms with E-state index >= 15 is 0 Å². The van der Waals surface area contributed by atoms with E-state index in [2.05, 4.69) is 31.4 Å². The largest absolute Gasteiger partial charge is 0.478 e. The number of benzene rings is 3. The Bertz CT molecular complexity index is 1460. The molecule has 0 saturated heterocycles. The molecule has 0 spiro atoms. The summed E-state index contributed by atoms with van der Waals surface area (Å²) < 4.78 is 5.90. The first-order valence-electron chi connectivity index (χ1n) is 13.3. The van der Waals surface area contributed by atoms with Gasteiger partial charge in [0.15, 0.2) is 0 Å². The van der Waals surface area contributed by atoms with Crippen LogP contribution in [-0.4, -0.2) is 39.5 Å². The molecule has 0 aliphatic carbocycles. The molecule has 3 rings (SSSR count). The monoisotopic (exact) mass is 560 g/mol. The number of carboxylic acids is 2. The molecule has 0 aromatic heterocycles. The molecule has 0 saturated carbocycles. The fourth-order valence-corrected chi connectivity index (χ4v) is 3.91. The predicted octanol–water partition coefficient (Wildman–Crippen LogP) is 6.73. The van der Waals surface area contributed by atoms with Gasteiger partial charge in [-0.05, 0) is 86.2 Å². The number of amides is 2. The molecular formula is C32H36N2O7. The van der Waals surface area contributed by atoms with Gasteiger partial charge in [-0.1, -0.05) is 39.8 Å². The number of ether oxygens (including phenoxy) is 1. The Labute approximate surface area is 239 Å². The minimum absolute atomic E-state index is 0.0584. The lowest BCUT2D eigenvalue weighted by Gasteiger charge is -2.25. The van der Waals surface area contributed by atoms with Gasteiger partial charge in [-0.2, -0.15) is 0 Å². The van der Waals surface area contributed by atoms with E-state index < -0.39 is 46.0 Å². The molecule has 3 aromatic rings. The van der Waals surface area contributed by atoms with Crippen LogP contribution >= 0.6 is 0 Å². The zero-order valence-electron chi connectivity index (χ0n) is 24.1. The van der Waals surface area contributed by atoms with Gasteiger partial charge >= 0.3 is 11.9 Å². The summed E-state index contributed by atoms with van der Waals surface area (Å²) >= 11 is 0. The number of rotatable bonds is 11. The topological polar surface area (TPSA) is 142 Å². The molecule has 9 heteroatoms. The zero-order chi connectivity index (χ0) is 30.5. The van der Waals surface area contributed by atoms with Gasteiger partial charge in [0.05, 0.1) is 22.3 Å². The molecule has 4 N–H and O–H groups in total. The zero-order valence-corrected chi connectivity index (χ0v) is 24.1. The van der Waals surface area contributed by atoms with Crippen molar-refractivity contribution in [2.45, 2.75) is 65.3 Å². The van der Waals surface area contributed by atoms with Crippen LogP contribution in [0.3, 0.4) is 0 Å². The van der Waals surface area contributed by atoms with Gasteiger partial charge in [-0.15, -0.1) is 0 Å². The molecule has 2 amide bonds. The molecule has 0 unspecified atom stereocenters. The minimum atomic E-state index is -1.48. The van der Waals surface area contributed by atoms with E-state index in [9.17, 15) is 29.4 Å². The SMILES string of the molecule is CCC(C)(C)NC(=O)c1cc(C(=O)O)c(C(=O)Nc2ccc(Oc3ccc(C(C)(C)CC)cc3)cc2)cc1C(=O)O.